The summed E-state index contributed by atoms with van der Waals surface area (Å²) in [6, 6.07) is 5.24. The maximum atomic E-state index is 10.7. The van der Waals surface area contributed by atoms with Gasteiger partial charge in [-0.1, -0.05) is 17.7 Å². The van der Waals surface area contributed by atoms with E-state index in [0.29, 0.717) is 17.4 Å². The molecule has 0 saturated carbocycles. The quantitative estimate of drug-likeness (QED) is 0.878. The Morgan fingerprint density at radius 3 is 2.89 bits per heavy atom. The molecule has 2 aromatic rings. The third kappa shape index (κ3) is 3.66. The fourth-order valence-corrected chi connectivity index (χ4v) is 1.79. The number of hydrogen-bond donors (Lipinski definition) is 2. The van der Waals surface area contributed by atoms with Crippen molar-refractivity contribution in [2.24, 2.45) is 0 Å². The molecule has 0 radical (unpaired) electrons. The van der Waals surface area contributed by atoms with Crippen molar-refractivity contribution in [1.82, 2.24) is 9.97 Å². The Kier molecular flexibility index (Phi) is 4.30. The molecule has 0 unspecified atom stereocenters. The molecule has 0 saturated heterocycles. The van der Waals surface area contributed by atoms with Crippen molar-refractivity contribution >= 4 is 23.4 Å². The third-order valence-corrected chi connectivity index (χ3v) is 2.81. The lowest BCUT2D eigenvalue weighted by molar-refractivity contribution is 0.0696. The van der Waals surface area contributed by atoms with E-state index in [1.54, 1.807) is 12.4 Å². The Labute approximate surface area is 115 Å². The van der Waals surface area contributed by atoms with Gasteiger partial charge in [0, 0.05) is 25.1 Å². The van der Waals surface area contributed by atoms with Gasteiger partial charge in [-0.15, -0.1) is 0 Å². The molecule has 2 rings (SSSR count). The Bertz CT molecular complexity index is 575. The lowest BCUT2D eigenvalue weighted by Gasteiger charge is -2.07. The van der Waals surface area contributed by atoms with Crippen molar-refractivity contribution in [3.8, 4) is 0 Å². The molecule has 5 nitrogen and oxygen atoms in total. The predicted octanol–water partition coefficient (Wildman–Crippen LogP) is 2.48. The van der Waals surface area contributed by atoms with Crippen LogP contribution in [0.2, 0.25) is 5.02 Å². The van der Waals surface area contributed by atoms with Crippen molar-refractivity contribution in [1.29, 1.82) is 0 Å². The highest BCUT2D eigenvalue weighted by Crippen LogP contribution is 2.20. The predicted molar refractivity (Wildman–Crippen MR) is 72.6 cm³/mol. The second-order valence-electron chi connectivity index (χ2n) is 3.90. The zero-order valence-corrected chi connectivity index (χ0v) is 10.8. The van der Waals surface area contributed by atoms with E-state index >= 15 is 0 Å². The summed E-state index contributed by atoms with van der Waals surface area (Å²) in [6.07, 6.45) is 5.58. The fourth-order valence-electron chi connectivity index (χ4n) is 1.56. The summed E-state index contributed by atoms with van der Waals surface area (Å²) in [5, 5.41) is 12.2. The van der Waals surface area contributed by atoms with E-state index in [-0.39, 0.29) is 5.56 Å². The molecule has 2 N–H and O–H groups in total. The first kappa shape index (κ1) is 13.3. The molecule has 0 aliphatic rings. The van der Waals surface area contributed by atoms with Crippen LogP contribution in [0.5, 0.6) is 0 Å². The number of carboxylic acid groups (broad SMARTS) is 1. The van der Waals surface area contributed by atoms with Crippen molar-refractivity contribution in [3.05, 3.63) is 52.9 Å². The Morgan fingerprint density at radius 2 is 2.26 bits per heavy atom. The second-order valence-corrected chi connectivity index (χ2v) is 4.30. The molecule has 2 aromatic heterocycles. The number of carbonyl (C=O) groups is 1. The van der Waals surface area contributed by atoms with Crippen molar-refractivity contribution in [2.75, 3.05) is 11.9 Å². The van der Waals surface area contributed by atoms with Crippen LogP contribution < -0.4 is 5.32 Å². The zero-order chi connectivity index (χ0) is 13.7. The lowest BCUT2D eigenvalue weighted by Crippen LogP contribution is -2.08. The first-order valence-electron chi connectivity index (χ1n) is 5.68. The molecule has 0 bridgehead atoms. The van der Waals surface area contributed by atoms with Gasteiger partial charge in [0.05, 0.1) is 10.6 Å². The van der Waals surface area contributed by atoms with Gasteiger partial charge >= 0.3 is 5.97 Å². The van der Waals surface area contributed by atoms with E-state index in [9.17, 15) is 4.79 Å². The molecule has 2 heterocycles. The molecule has 0 atom stereocenters. The summed E-state index contributed by atoms with van der Waals surface area (Å²) in [5.74, 6) is -0.563. The zero-order valence-electron chi connectivity index (χ0n) is 10.0. The molecule has 0 aliphatic heterocycles. The van der Waals surface area contributed by atoms with Gasteiger partial charge in [0.15, 0.2) is 0 Å². The SMILES string of the molecule is O=C(O)c1cnc(NCCc2cccnc2)c(Cl)c1. The molecule has 0 fully saturated rings. The number of anilines is 1. The maximum Gasteiger partial charge on any atom is 0.337 e. The molecule has 0 amide bonds. The van der Waals surface area contributed by atoms with Crippen LogP contribution in [0.15, 0.2) is 36.8 Å². The second kappa shape index (κ2) is 6.15. The van der Waals surface area contributed by atoms with Gasteiger partial charge in [0.1, 0.15) is 5.82 Å². The smallest absolute Gasteiger partial charge is 0.337 e. The summed E-state index contributed by atoms with van der Waals surface area (Å²) in [7, 11) is 0. The summed E-state index contributed by atoms with van der Waals surface area (Å²) in [5.41, 5.74) is 1.18. The van der Waals surface area contributed by atoms with Gasteiger partial charge in [0.25, 0.3) is 0 Å². The molecule has 0 spiro atoms. The molecule has 98 valence electrons. The van der Waals surface area contributed by atoms with Crippen LogP contribution >= 0.6 is 11.6 Å². The molecular formula is C13H12ClN3O2. The standard InChI is InChI=1S/C13H12ClN3O2/c14-11-6-10(13(18)19)8-17-12(11)16-5-3-9-2-1-4-15-7-9/h1-2,4,6-8H,3,5H2,(H,16,17)(H,18,19). The largest absolute Gasteiger partial charge is 0.478 e. The average Bonchev–Trinajstić information content (AvgIpc) is 2.41. The summed E-state index contributed by atoms with van der Waals surface area (Å²) in [6.45, 7) is 0.644. The number of pyridine rings is 2. The number of rotatable bonds is 5. The number of nitrogens with one attached hydrogen (secondary N) is 1. The maximum absolute atomic E-state index is 10.7. The summed E-state index contributed by atoms with van der Waals surface area (Å²) >= 11 is 5.95. The summed E-state index contributed by atoms with van der Waals surface area (Å²) in [4.78, 5) is 18.8. The van der Waals surface area contributed by atoms with Crippen LogP contribution in [0.25, 0.3) is 0 Å². The van der Waals surface area contributed by atoms with Gasteiger partial charge < -0.3 is 10.4 Å². The van der Waals surface area contributed by atoms with Crippen molar-refractivity contribution in [2.45, 2.75) is 6.42 Å². The number of halogens is 1. The number of carboxylic acids is 1. The lowest BCUT2D eigenvalue weighted by atomic mass is 10.2. The van der Waals surface area contributed by atoms with E-state index in [4.69, 9.17) is 16.7 Å². The van der Waals surface area contributed by atoms with Gasteiger partial charge in [0.2, 0.25) is 0 Å². The molecule has 0 aromatic carbocycles. The van der Waals surface area contributed by atoms with Crippen molar-refractivity contribution in [3.63, 3.8) is 0 Å². The number of hydrogen-bond acceptors (Lipinski definition) is 4. The van der Waals surface area contributed by atoms with E-state index < -0.39 is 5.97 Å². The van der Waals surface area contributed by atoms with E-state index in [1.165, 1.54) is 12.3 Å². The van der Waals surface area contributed by atoms with Crippen LogP contribution in [0.3, 0.4) is 0 Å². The summed E-state index contributed by atoms with van der Waals surface area (Å²) < 4.78 is 0. The molecule has 19 heavy (non-hydrogen) atoms. The van der Waals surface area contributed by atoms with E-state index in [1.807, 2.05) is 12.1 Å². The van der Waals surface area contributed by atoms with Gasteiger partial charge in [-0.2, -0.15) is 0 Å². The van der Waals surface area contributed by atoms with Crippen molar-refractivity contribution < 1.29 is 9.90 Å². The first-order valence-corrected chi connectivity index (χ1v) is 6.06. The van der Waals surface area contributed by atoms with Crippen LogP contribution in [0.1, 0.15) is 15.9 Å². The number of aromatic nitrogens is 2. The minimum absolute atomic E-state index is 0.0720. The fraction of sp³-hybridized carbons (Fsp3) is 0.154. The Morgan fingerprint density at radius 1 is 1.42 bits per heavy atom. The Hall–Kier alpha value is -2.14. The van der Waals surface area contributed by atoms with Gasteiger partial charge in [-0.3, -0.25) is 4.98 Å². The number of aromatic carboxylic acids is 1. The van der Waals surface area contributed by atoms with E-state index in [0.717, 1.165) is 12.0 Å². The highest BCUT2D eigenvalue weighted by atomic mass is 35.5. The van der Waals surface area contributed by atoms with Gasteiger partial charge in [-0.25, -0.2) is 9.78 Å². The normalized spacial score (nSPS) is 10.2. The van der Waals surface area contributed by atoms with Crippen LogP contribution in [0, 0.1) is 0 Å². The van der Waals surface area contributed by atoms with Crippen LogP contribution in [-0.4, -0.2) is 27.6 Å². The highest BCUT2D eigenvalue weighted by Gasteiger charge is 2.07. The number of nitrogens with zero attached hydrogens (tertiary/aromatic N) is 2. The Balaban J connectivity index is 1.95. The monoisotopic (exact) mass is 277 g/mol. The molecular weight excluding hydrogens is 266 g/mol. The minimum atomic E-state index is -1.05. The first-order chi connectivity index (χ1) is 9.16. The molecule has 0 aliphatic carbocycles. The van der Waals surface area contributed by atoms with Crippen LogP contribution in [-0.2, 0) is 6.42 Å². The third-order valence-electron chi connectivity index (χ3n) is 2.52. The average molecular weight is 278 g/mol. The van der Waals surface area contributed by atoms with E-state index in [2.05, 4.69) is 15.3 Å². The minimum Gasteiger partial charge on any atom is -0.478 e. The van der Waals surface area contributed by atoms with Gasteiger partial charge in [-0.05, 0) is 24.1 Å². The molecule has 6 heteroatoms. The highest BCUT2D eigenvalue weighted by molar-refractivity contribution is 6.33. The van der Waals surface area contributed by atoms with Crippen LogP contribution in [0.4, 0.5) is 5.82 Å². The topological polar surface area (TPSA) is 75.1 Å².